The van der Waals surface area contributed by atoms with Crippen LogP contribution in [0.15, 0.2) is 18.2 Å². The quantitative estimate of drug-likeness (QED) is 0.670. The molecular weight excluding hydrogens is 322 g/mol. The highest BCUT2D eigenvalue weighted by Gasteiger charge is 2.38. The average molecular weight is 345 g/mol. The molecule has 1 saturated heterocycles. The van der Waals surface area contributed by atoms with Gasteiger partial charge in [0.15, 0.2) is 0 Å². The zero-order chi connectivity index (χ0) is 18.0. The summed E-state index contributed by atoms with van der Waals surface area (Å²) in [5.74, 6) is -0.592. The first-order chi connectivity index (χ1) is 12.0. The van der Waals surface area contributed by atoms with E-state index >= 15 is 0 Å². The molecule has 1 heterocycles. The largest absolute Gasteiger partial charge is 0.339 e. The number of carbonyl (C=O) groups excluding carboxylic acids is 2. The van der Waals surface area contributed by atoms with Gasteiger partial charge in [0.25, 0.3) is 5.69 Å². The minimum Gasteiger partial charge on any atom is -0.339 e. The van der Waals surface area contributed by atoms with Crippen molar-refractivity contribution in [3.8, 4) is 0 Å². The molecule has 0 unspecified atom stereocenters. The molecule has 2 amide bonds. The third kappa shape index (κ3) is 3.65. The van der Waals surface area contributed by atoms with Crippen molar-refractivity contribution in [3.63, 3.8) is 0 Å². The third-order valence-corrected chi connectivity index (χ3v) is 5.30. The molecule has 0 aromatic heterocycles. The standard InChI is InChI=1S/C18H23N3O4/c1-12-15(8-5-9-16(12)21(24)25)19-18(23)13-10-17(22)20(11-13)14-6-3-2-4-7-14/h5,8-9,13-14H,2-4,6-7,10-11H2,1H3,(H,19,23)/t13-/m1/s1. The van der Waals surface area contributed by atoms with Crippen molar-refractivity contribution in [2.75, 3.05) is 11.9 Å². The van der Waals surface area contributed by atoms with Crippen molar-refractivity contribution >= 4 is 23.2 Å². The van der Waals surface area contributed by atoms with Gasteiger partial charge in [-0.25, -0.2) is 0 Å². The first kappa shape index (κ1) is 17.4. The molecule has 25 heavy (non-hydrogen) atoms. The molecule has 1 saturated carbocycles. The number of benzene rings is 1. The van der Waals surface area contributed by atoms with Gasteiger partial charge in [-0.2, -0.15) is 0 Å². The summed E-state index contributed by atoms with van der Waals surface area (Å²) in [7, 11) is 0. The van der Waals surface area contributed by atoms with Crippen LogP contribution in [0.2, 0.25) is 0 Å². The maximum Gasteiger partial charge on any atom is 0.274 e. The van der Waals surface area contributed by atoms with Gasteiger partial charge >= 0.3 is 0 Å². The number of carbonyl (C=O) groups is 2. The smallest absolute Gasteiger partial charge is 0.274 e. The summed E-state index contributed by atoms with van der Waals surface area (Å²) >= 11 is 0. The van der Waals surface area contributed by atoms with Gasteiger partial charge in [-0.05, 0) is 25.8 Å². The number of amides is 2. The Morgan fingerprint density at radius 1 is 1.28 bits per heavy atom. The van der Waals surface area contributed by atoms with E-state index in [1.807, 2.05) is 4.90 Å². The summed E-state index contributed by atoms with van der Waals surface area (Å²) in [4.78, 5) is 37.3. The summed E-state index contributed by atoms with van der Waals surface area (Å²) in [6.07, 6.45) is 5.75. The molecule has 0 bridgehead atoms. The zero-order valence-electron chi connectivity index (χ0n) is 14.4. The first-order valence-corrected chi connectivity index (χ1v) is 8.81. The molecule has 7 nitrogen and oxygen atoms in total. The zero-order valence-corrected chi connectivity index (χ0v) is 14.4. The van der Waals surface area contributed by atoms with E-state index in [9.17, 15) is 19.7 Å². The SMILES string of the molecule is Cc1c(NC(=O)[C@@H]2CC(=O)N(C3CCCCC3)C2)cccc1[N+](=O)[O-]. The topological polar surface area (TPSA) is 92.6 Å². The number of nitro benzene ring substituents is 1. The van der Waals surface area contributed by atoms with Crippen LogP contribution in [0, 0.1) is 23.0 Å². The monoisotopic (exact) mass is 345 g/mol. The van der Waals surface area contributed by atoms with Crippen LogP contribution >= 0.6 is 0 Å². The molecule has 1 atom stereocenters. The lowest BCUT2D eigenvalue weighted by atomic mass is 9.94. The number of likely N-dealkylation sites (tertiary alicyclic amines) is 1. The van der Waals surface area contributed by atoms with Crippen LogP contribution in [-0.4, -0.2) is 34.2 Å². The minimum absolute atomic E-state index is 0.0240. The number of hydrogen-bond acceptors (Lipinski definition) is 4. The van der Waals surface area contributed by atoms with Gasteiger partial charge < -0.3 is 10.2 Å². The summed E-state index contributed by atoms with van der Waals surface area (Å²) in [6, 6.07) is 4.87. The van der Waals surface area contributed by atoms with Crippen LogP contribution in [0.3, 0.4) is 0 Å². The van der Waals surface area contributed by atoms with Gasteiger partial charge in [-0.15, -0.1) is 0 Å². The predicted molar refractivity (Wildman–Crippen MR) is 93.2 cm³/mol. The molecule has 1 aliphatic carbocycles. The van der Waals surface area contributed by atoms with Gasteiger partial charge in [0.1, 0.15) is 0 Å². The average Bonchev–Trinajstić information content (AvgIpc) is 2.99. The van der Waals surface area contributed by atoms with Crippen molar-refractivity contribution in [1.82, 2.24) is 4.90 Å². The van der Waals surface area contributed by atoms with Gasteiger partial charge in [0.05, 0.1) is 22.1 Å². The molecule has 1 aromatic rings. The van der Waals surface area contributed by atoms with Crippen LogP contribution in [-0.2, 0) is 9.59 Å². The Bertz CT molecular complexity index is 698. The van der Waals surface area contributed by atoms with Gasteiger partial charge in [0.2, 0.25) is 11.8 Å². The lowest BCUT2D eigenvalue weighted by molar-refractivity contribution is -0.385. The van der Waals surface area contributed by atoms with E-state index in [1.54, 1.807) is 19.1 Å². The molecule has 2 fully saturated rings. The Morgan fingerprint density at radius 2 is 2.00 bits per heavy atom. The Kier molecular flexibility index (Phi) is 5.01. The second kappa shape index (κ2) is 7.21. The van der Waals surface area contributed by atoms with E-state index in [2.05, 4.69) is 5.32 Å². The van der Waals surface area contributed by atoms with E-state index in [1.165, 1.54) is 12.5 Å². The van der Waals surface area contributed by atoms with Crippen molar-refractivity contribution in [2.45, 2.75) is 51.5 Å². The highest BCUT2D eigenvalue weighted by atomic mass is 16.6. The molecule has 1 aliphatic heterocycles. The summed E-state index contributed by atoms with van der Waals surface area (Å²) in [5.41, 5.74) is 0.834. The first-order valence-electron chi connectivity index (χ1n) is 8.81. The molecular formula is C18H23N3O4. The van der Waals surface area contributed by atoms with Crippen LogP contribution in [0.5, 0.6) is 0 Å². The maximum absolute atomic E-state index is 12.6. The fourth-order valence-electron chi connectivity index (χ4n) is 3.84. The number of anilines is 1. The molecule has 3 rings (SSSR count). The normalized spacial score (nSPS) is 21.4. The van der Waals surface area contributed by atoms with Gasteiger partial charge in [-0.1, -0.05) is 25.3 Å². The van der Waals surface area contributed by atoms with Crippen molar-refractivity contribution in [3.05, 3.63) is 33.9 Å². The molecule has 134 valence electrons. The summed E-state index contributed by atoms with van der Waals surface area (Å²) in [5, 5.41) is 13.8. The molecule has 1 aromatic carbocycles. The van der Waals surface area contributed by atoms with Crippen LogP contribution in [0.1, 0.15) is 44.1 Å². The number of nitrogens with one attached hydrogen (secondary N) is 1. The van der Waals surface area contributed by atoms with E-state index in [-0.39, 0.29) is 30.0 Å². The van der Waals surface area contributed by atoms with Crippen molar-refractivity contribution in [1.29, 1.82) is 0 Å². The van der Waals surface area contributed by atoms with E-state index < -0.39 is 10.8 Å². The highest BCUT2D eigenvalue weighted by Crippen LogP contribution is 2.30. The number of nitro groups is 1. The van der Waals surface area contributed by atoms with Gasteiger partial charge in [-0.3, -0.25) is 19.7 Å². The second-order valence-corrected chi connectivity index (χ2v) is 6.94. The fourth-order valence-corrected chi connectivity index (χ4v) is 3.84. The van der Waals surface area contributed by atoms with Crippen LogP contribution < -0.4 is 5.32 Å². The molecule has 1 N–H and O–H groups in total. The number of hydrogen-bond donors (Lipinski definition) is 1. The maximum atomic E-state index is 12.6. The van der Waals surface area contributed by atoms with E-state index in [0.717, 1.165) is 25.7 Å². The second-order valence-electron chi connectivity index (χ2n) is 6.94. The third-order valence-electron chi connectivity index (χ3n) is 5.30. The van der Waals surface area contributed by atoms with Gasteiger partial charge in [0, 0.05) is 25.1 Å². The van der Waals surface area contributed by atoms with Crippen LogP contribution in [0.4, 0.5) is 11.4 Å². The Balaban J connectivity index is 1.67. The molecule has 2 aliphatic rings. The summed E-state index contributed by atoms with van der Waals surface area (Å²) in [6.45, 7) is 2.06. The fraction of sp³-hybridized carbons (Fsp3) is 0.556. The molecule has 0 radical (unpaired) electrons. The minimum atomic E-state index is -0.463. The Labute approximate surface area is 146 Å². The van der Waals surface area contributed by atoms with E-state index in [0.29, 0.717) is 17.8 Å². The van der Waals surface area contributed by atoms with Crippen molar-refractivity contribution < 1.29 is 14.5 Å². The number of rotatable bonds is 4. The Hall–Kier alpha value is -2.44. The lowest BCUT2D eigenvalue weighted by Crippen LogP contribution is -2.38. The van der Waals surface area contributed by atoms with Crippen LogP contribution in [0.25, 0.3) is 0 Å². The van der Waals surface area contributed by atoms with Crippen molar-refractivity contribution in [2.24, 2.45) is 5.92 Å². The lowest BCUT2D eigenvalue weighted by Gasteiger charge is -2.31. The predicted octanol–water partition coefficient (Wildman–Crippen LogP) is 3.02. The number of nitrogens with zero attached hydrogens (tertiary/aromatic N) is 2. The molecule has 0 spiro atoms. The van der Waals surface area contributed by atoms with E-state index in [4.69, 9.17) is 0 Å². The molecule has 7 heteroatoms. The highest BCUT2D eigenvalue weighted by molar-refractivity contribution is 5.98. The Morgan fingerprint density at radius 3 is 2.68 bits per heavy atom. The summed E-state index contributed by atoms with van der Waals surface area (Å²) < 4.78 is 0.